The van der Waals surface area contributed by atoms with E-state index in [1.165, 1.54) is 0 Å². The van der Waals surface area contributed by atoms with Crippen LogP contribution in [0.25, 0.3) is 28.0 Å². The molecule has 5 aromatic rings. The first-order valence-corrected chi connectivity index (χ1v) is 10.5. The van der Waals surface area contributed by atoms with Crippen molar-refractivity contribution in [3.8, 4) is 28.4 Å². The smallest absolute Gasteiger partial charge is 0.323 e. The van der Waals surface area contributed by atoms with Crippen molar-refractivity contribution in [1.29, 1.82) is 0 Å². The number of imidazole rings is 1. The summed E-state index contributed by atoms with van der Waals surface area (Å²) in [5, 5.41) is 4.84. The quantitative estimate of drug-likeness (QED) is 0.411. The van der Waals surface area contributed by atoms with E-state index >= 15 is 0 Å². The van der Waals surface area contributed by atoms with Crippen molar-refractivity contribution in [1.82, 2.24) is 19.7 Å². The number of hydrogen-bond acceptors (Lipinski definition) is 5. The second kappa shape index (κ2) is 7.83. The minimum atomic E-state index is -0.240. The number of hydrogen-bond donors (Lipinski definition) is 2. The lowest BCUT2D eigenvalue weighted by molar-refractivity contribution is 0.171. The topological polar surface area (TPSA) is 97.3 Å². The maximum atomic E-state index is 11.5. The van der Waals surface area contributed by atoms with Gasteiger partial charge in [-0.25, -0.2) is 9.48 Å². The van der Waals surface area contributed by atoms with E-state index in [0.29, 0.717) is 24.5 Å². The SMILES string of the molecule is O=c1[nH]c2ccc(N=Cc3cn(-c4ccccc4)nc3-c3ccc4c(c3)OCCO4)cc2[nH]1. The maximum Gasteiger partial charge on any atom is 0.323 e. The Kier molecular flexibility index (Phi) is 4.54. The van der Waals surface area contributed by atoms with Crippen molar-refractivity contribution < 1.29 is 9.47 Å². The monoisotopic (exact) mass is 437 g/mol. The summed E-state index contributed by atoms with van der Waals surface area (Å²) in [5.41, 5.74) is 5.40. The first-order chi connectivity index (χ1) is 16.2. The standard InChI is InChI=1S/C25H19N5O3/c31-25-27-20-8-7-18(13-21(20)28-25)26-14-17-15-30(19-4-2-1-3-5-19)29-24(17)16-6-9-22-23(12-16)33-11-10-32-22/h1-9,12-15H,10-11H2,(H2,27,28,31). The summed E-state index contributed by atoms with van der Waals surface area (Å²) < 4.78 is 13.3. The van der Waals surface area contributed by atoms with Crippen molar-refractivity contribution >= 4 is 22.9 Å². The predicted octanol–water partition coefficient (Wildman–Crippen LogP) is 4.23. The summed E-state index contributed by atoms with van der Waals surface area (Å²) in [6, 6.07) is 21.2. The number of benzene rings is 3. The minimum Gasteiger partial charge on any atom is -0.486 e. The summed E-state index contributed by atoms with van der Waals surface area (Å²) >= 11 is 0. The molecule has 1 aliphatic rings. The first kappa shape index (κ1) is 19.1. The van der Waals surface area contributed by atoms with Crippen LogP contribution >= 0.6 is 0 Å². The molecular weight excluding hydrogens is 418 g/mol. The van der Waals surface area contributed by atoms with E-state index in [4.69, 9.17) is 14.6 Å². The highest BCUT2D eigenvalue weighted by molar-refractivity contribution is 5.91. The van der Waals surface area contributed by atoms with Crippen LogP contribution in [0.2, 0.25) is 0 Å². The van der Waals surface area contributed by atoms with Crippen LogP contribution in [0.4, 0.5) is 5.69 Å². The van der Waals surface area contributed by atoms with Crippen molar-refractivity contribution in [3.63, 3.8) is 0 Å². The molecule has 0 radical (unpaired) electrons. The largest absolute Gasteiger partial charge is 0.486 e. The van der Waals surface area contributed by atoms with Crippen LogP contribution in [-0.2, 0) is 0 Å². The summed E-state index contributed by atoms with van der Waals surface area (Å²) in [6.45, 7) is 1.07. The molecule has 0 bridgehead atoms. The second-order valence-corrected chi connectivity index (χ2v) is 7.64. The average Bonchev–Trinajstić information content (AvgIpc) is 3.45. The van der Waals surface area contributed by atoms with Crippen LogP contribution in [0, 0.1) is 0 Å². The number of H-pyrrole nitrogens is 2. The van der Waals surface area contributed by atoms with Crippen LogP contribution in [0.5, 0.6) is 11.5 Å². The third-order valence-electron chi connectivity index (χ3n) is 5.43. The molecule has 0 fully saturated rings. The van der Waals surface area contributed by atoms with Gasteiger partial charge in [0, 0.05) is 23.5 Å². The van der Waals surface area contributed by atoms with Crippen LogP contribution in [0.1, 0.15) is 5.56 Å². The van der Waals surface area contributed by atoms with E-state index in [-0.39, 0.29) is 5.69 Å². The van der Waals surface area contributed by atoms with Crippen LogP contribution < -0.4 is 15.2 Å². The molecule has 3 heterocycles. The molecule has 6 rings (SSSR count). The summed E-state index contributed by atoms with van der Waals surface area (Å²) in [4.78, 5) is 21.7. The second-order valence-electron chi connectivity index (χ2n) is 7.64. The molecule has 0 aliphatic carbocycles. The predicted molar refractivity (Wildman–Crippen MR) is 126 cm³/mol. The zero-order valence-electron chi connectivity index (χ0n) is 17.5. The number of aromatic amines is 2. The van der Waals surface area contributed by atoms with Gasteiger partial charge < -0.3 is 19.4 Å². The van der Waals surface area contributed by atoms with Crippen LogP contribution in [0.3, 0.4) is 0 Å². The van der Waals surface area contributed by atoms with E-state index < -0.39 is 0 Å². The number of ether oxygens (including phenoxy) is 2. The van der Waals surface area contributed by atoms with Gasteiger partial charge >= 0.3 is 5.69 Å². The van der Waals surface area contributed by atoms with Gasteiger partial charge in [-0.3, -0.25) is 4.99 Å². The lowest BCUT2D eigenvalue weighted by Gasteiger charge is -2.18. The fraction of sp³-hybridized carbons (Fsp3) is 0.0800. The van der Waals surface area contributed by atoms with Gasteiger partial charge in [-0.2, -0.15) is 5.10 Å². The van der Waals surface area contributed by atoms with E-state index in [0.717, 1.165) is 39.5 Å². The van der Waals surface area contributed by atoms with Crippen molar-refractivity contribution in [2.75, 3.05) is 13.2 Å². The number of rotatable bonds is 4. The number of nitrogens with one attached hydrogen (secondary N) is 2. The van der Waals surface area contributed by atoms with Gasteiger partial charge in [0.05, 0.1) is 22.4 Å². The van der Waals surface area contributed by atoms with Crippen LogP contribution in [0.15, 0.2) is 82.7 Å². The zero-order valence-corrected chi connectivity index (χ0v) is 17.5. The number of para-hydroxylation sites is 1. The molecule has 0 atom stereocenters. The number of nitrogens with zero attached hydrogens (tertiary/aromatic N) is 3. The van der Waals surface area contributed by atoms with E-state index in [1.807, 2.05) is 77.6 Å². The molecule has 0 amide bonds. The third kappa shape index (κ3) is 3.67. The molecule has 8 heteroatoms. The Balaban J connectivity index is 1.43. The summed E-state index contributed by atoms with van der Waals surface area (Å²) in [7, 11) is 0. The number of aromatic nitrogens is 4. The Morgan fingerprint density at radius 2 is 1.73 bits per heavy atom. The Morgan fingerprint density at radius 3 is 2.61 bits per heavy atom. The first-order valence-electron chi connectivity index (χ1n) is 10.5. The fourth-order valence-corrected chi connectivity index (χ4v) is 3.85. The molecule has 162 valence electrons. The molecular formula is C25H19N5O3. The Hall–Kier alpha value is -4.59. The Morgan fingerprint density at radius 1 is 0.909 bits per heavy atom. The molecule has 2 aromatic heterocycles. The fourth-order valence-electron chi connectivity index (χ4n) is 3.85. The van der Waals surface area contributed by atoms with Crippen molar-refractivity contribution in [3.05, 3.63) is 89.0 Å². The molecule has 3 aromatic carbocycles. The lowest BCUT2D eigenvalue weighted by atomic mass is 10.1. The highest BCUT2D eigenvalue weighted by Crippen LogP contribution is 2.35. The number of fused-ring (bicyclic) bond motifs is 2. The highest BCUT2D eigenvalue weighted by Gasteiger charge is 2.16. The van der Waals surface area contributed by atoms with Gasteiger partial charge in [0.25, 0.3) is 0 Å². The van der Waals surface area contributed by atoms with E-state index in [9.17, 15) is 4.79 Å². The van der Waals surface area contributed by atoms with Gasteiger partial charge in [0.15, 0.2) is 11.5 Å². The molecule has 2 N–H and O–H groups in total. The molecule has 33 heavy (non-hydrogen) atoms. The molecule has 0 unspecified atom stereocenters. The lowest BCUT2D eigenvalue weighted by Crippen LogP contribution is -2.15. The highest BCUT2D eigenvalue weighted by atomic mass is 16.6. The molecule has 8 nitrogen and oxygen atoms in total. The Labute approximate surface area is 188 Å². The minimum absolute atomic E-state index is 0.240. The third-order valence-corrected chi connectivity index (χ3v) is 5.43. The van der Waals surface area contributed by atoms with Crippen LogP contribution in [-0.4, -0.2) is 39.2 Å². The van der Waals surface area contributed by atoms with Crippen molar-refractivity contribution in [2.45, 2.75) is 0 Å². The number of aliphatic imine (C=N–C) groups is 1. The molecule has 0 saturated carbocycles. The zero-order chi connectivity index (χ0) is 22.2. The molecule has 0 spiro atoms. The Bertz CT molecular complexity index is 1550. The van der Waals surface area contributed by atoms with Gasteiger partial charge in [-0.05, 0) is 48.5 Å². The van der Waals surface area contributed by atoms with Gasteiger partial charge in [-0.1, -0.05) is 18.2 Å². The van der Waals surface area contributed by atoms with Gasteiger partial charge in [0.2, 0.25) is 0 Å². The van der Waals surface area contributed by atoms with E-state index in [2.05, 4.69) is 15.0 Å². The summed E-state index contributed by atoms with van der Waals surface area (Å²) in [6.07, 6.45) is 3.73. The normalized spacial score (nSPS) is 13.1. The molecule has 1 aliphatic heterocycles. The summed E-state index contributed by atoms with van der Waals surface area (Å²) in [5.74, 6) is 1.44. The van der Waals surface area contributed by atoms with Gasteiger partial charge in [0.1, 0.15) is 18.9 Å². The van der Waals surface area contributed by atoms with Crippen molar-refractivity contribution in [2.24, 2.45) is 4.99 Å². The van der Waals surface area contributed by atoms with E-state index in [1.54, 1.807) is 6.21 Å². The maximum absolute atomic E-state index is 11.5. The molecule has 0 saturated heterocycles. The average molecular weight is 437 g/mol. The van der Waals surface area contributed by atoms with Gasteiger partial charge in [-0.15, -0.1) is 0 Å².